The third kappa shape index (κ3) is 9.99. The van der Waals surface area contributed by atoms with Gasteiger partial charge in [0.05, 0.1) is 6.61 Å². The van der Waals surface area contributed by atoms with Gasteiger partial charge >= 0.3 is 12.1 Å². The van der Waals surface area contributed by atoms with E-state index >= 15 is 0 Å². The Balaban J connectivity index is 2.77. The summed E-state index contributed by atoms with van der Waals surface area (Å²) in [5.74, 6) is -0.471. The number of carbonyl (C=O) groups is 2. The average Bonchev–Trinajstić information content (AvgIpc) is 2.51. The molecule has 27 heavy (non-hydrogen) atoms. The molecule has 0 aliphatic carbocycles. The zero-order valence-electron chi connectivity index (χ0n) is 17.6. The molecule has 0 aromatic heterocycles. The second-order valence-electron chi connectivity index (χ2n) is 8.58. The van der Waals surface area contributed by atoms with Gasteiger partial charge in [0.1, 0.15) is 11.6 Å². The van der Waals surface area contributed by atoms with Crippen molar-refractivity contribution in [1.82, 2.24) is 10.6 Å². The largest absolute Gasteiger partial charge is 0.464 e. The van der Waals surface area contributed by atoms with E-state index in [2.05, 4.69) is 31.4 Å². The van der Waals surface area contributed by atoms with Gasteiger partial charge in [-0.1, -0.05) is 24.3 Å². The molecule has 1 aromatic carbocycles. The van der Waals surface area contributed by atoms with Gasteiger partial charge in [0.15, 0.2) is 0 Å². The molecule has 0 spiro atoms. The fraction of sp³-hybridized carbons (Fsp3) is 0.619. The fourth-order valence-corrected chi connectivity index (χ4v) is 2.28. The van der Waals surface area contributed by atoms with E-state index in [4.69, 9.17) is 9.47 Å². The number of carbonyl (C=O) groups excluding carboxylic acids is 2. The standard InChI is InChI=1S/C21H34N2O4/c1-8-26-18(24)17(23-19(25)27-21(5,6)7)13-15-9-11-16(12-10-15)14-22-20(2,3)4/h9-12,17,22H,8,13-14H2,1-7H3,(H,23,25). The van der Waals surface area contributed by atoms with Crippen LogP contribution >= 0.6 is 0 Å². The van der Waals surface area contributed by atoms with Crippen molar-refractivity contribution in [2.24, 2.45) is 0 Å². The van der Waals surface area contributed by atoms with Crippen LogP contribution in [0.25, 0.3) is 0 Å². The molecule has 0 saturated carbocycles. The van der Waals surface area contributed by atoms with Crippen LogP contribution in [-0.4, -0.2) is 35.9 Å². The smallest absolute Gasteiger partial charge is 0.408 e. The molecule has 152 valence electrons. The molecule has 0 aliphatic heterocycles. The Morgan fingerprint density at radius 1 is 1.00 bits per heavy atom. The highest BCUT2D eigenvalue weighted by molar-refractivity contribution is 5.81. The van der Waals surface area contributed by atoms with Gasteiger partial charge in [0.25, 0.3) is 0 Å². The Morgan fingerprint density at radius 2 is 1.56 bits per heavy atom. The van der Waals surface area contributed by atoms with Gasteiger partial charge in [0, 0.05) is 18.5 Å². The maximum Gasteiger partial charge on any atom is 0.408 e. The molecule has 0 heterocycles. The van der Waals surface area contributed by atoms with Gasteiger partial charge in [0.2, 0.25) is 0 Å². The number of nitrogens with one attached hydrogen (secondary N) is 2. The van der Waals surface area contributed by atoms with Crippen LogP contribution in [0, 0.1) is 0 Å². The van der Waals surface area contributed by atoms with E-state index < -0.39 is 23.7 Å². The number of hydrogen-bond acceptors (Lipinski definition) is 5. The average molecular weight is 379 g/mol. The minimum absolute atomic E-state index is 0.0466. The van der Waals surface area contributed by atoms with Crippen LogP contribution < -0.4 is 10.6 Å². The van der Waals surface area contributed by atoms with Crippen LogP contribution in [0.2, 0.25) is 0 Å². The lowest BCUT2D eigenvalue weighted by molar-refractivity contribution is -0.145. The van der Waals surface area contributed by atoms with Crippen molar-refractivity contribution in [3.05, 3.63) is 35.4 Å². The highest BCUT2D eigenvalue weighted by Crippen LogP contribution is 2.11. The summed E-state index contributed by atoms with van der Waals surface area (Å²) >= 11 is 0. The van der Waals surface area contributed by atoms with Crippen molar-refractivity contribution in [3.8, 4) is 0 Å². The number of benzene rings is 1. The normalized spacial score (nSPS) is 13.0. The molecular weight excluding hydrogens is 344 g/mol. The van der Waals surface area contributed by atoms with Crippen molar-refractivity contribution in [2.45, 2.75) is 78.6 Å². The number of amides is 1. The molecule has 1 rings (SSSR count). The van der Waals surface area contributed by atoms with Gasteiger partial charge in [-0.15, -0.1) is 0 Å². The van der Waals surface area contributed by atoms with Gasteiger partial charge in [-0.3, -0.25) is 0 Å². The van der Waals surface area contributed by atoms with Gasteiger partial charge in [-0.2, -0.15) is 0 Å². The first-order valence-corrected chi connectivity index (χ1v) is 9.38. The Kier molecular flexibility index (Phi) is 8.28. The topological polar surface area (TPSA) is 76.7 Å². The lowest BCUT2D eigenvalue weighted by Crippen LogP contribution is -2.45. The summed E-state index contributed by atoms with van der Waals surface area (Å²) < 4.78 is 10.3. The van der Waals surface area contributed by atoms with Crippen LogP contribution in [0.4, 0.5) is 4.79 Å². The Bertz CT molecular complexity index is 613. The first kappa shape index (κ1) is 23.0. The number of rotatable bonds is 7. The maximum absolute atomic E-state index is 12.2. The highest BCUT2D eigenvalue weighted by Gasteiger charge is 2.25. The van der Waals surface area contributed by atoms with E-state index in [1.807, 2.05) is 24.3 Å². The molecule has 1 atom stereocenters. The van der Waals surface area contributed by atoms with E-state index in [-0.39, 0.29) is 12.1 Å². The Hall–Kier alpha value is -2.08. The van der Waals surface area contributed by atoms with Crippen molar-refractivity contribution in [3.63, 3.8) is 0 Å². The van der Waals surface area contributed by atoms with E-state index in [1.165, 1.54) is 0 Å². The molecule has 1 unspecified atom stereocenters. The molecule has 0 fully saturated rings. The van der Waals surface area contributed by atoms with Gasteiger partial charge in [-0.05, 0) is 59.6 Å². The summed E-state index contributed by atoms with van der Waals surface area (Å²) in [6.07, 6.45) is -0.294. The van der Waals surface area contributed by atoms with E-state index in [9.17, 15) is 9.59 Å². The molecule has 1 amide bonds. The summed E-state index contributed by atoms with van der Waals surface area (Å²) in [5.41, 5.74) is 1.50. The number of alkyl carbamates (subject to hydrolysis) is 1. The number of ether oxygens (including phenoxy) is 2. The maximum atomic E-state index is 12.2. The third-order valence-corrected chi connectivity index (χ3v) is 3.55. The Morgan fingerprint density at radius 3 is 2.04 bits per heavy atom. The van der Waals surface area contributed by atoms with Gasteiger partial charge < -0.3 is 20.1 Å². The van der Waals surface area contributed by atoms with Crippen LogP contribution in [0.15, 0.2) is 24.3 Å². The van der Waals surface area contributed by atoms with Crippen LogP contribution in [-0.2, 0) is 27.2 Å². The zero-order chi connectivity index (χ0) is 20.7. The lowest BCUT2D eigenvalue weighted by atomic mass is 10.0. The number of esters is 1. The van der Waals surface area contributed by atoms with Crippen LogP contribution in [0.5, 0.6) is 0 Å². The van der Waals surface area contributed by atoms with E-state index in [0.717, 1.165) is 17.7 Å². The highest BCUT2D eigenvalue weighted by atomic mass is 16.6. The molecule has 0 saturated heterocycles. The SMILES string of the molecule is CCOC(=O)C(Cc1ccc(CNC(C)(C)C)cc1)NC(=O)OC(C)(C)C. The molecular formula is C21H34N2O4. The number of hydrogen-bond donors (Lipinski definition) is 2. The van der Waals surface area contributed by atoms with E-state index in [1.54, 1.807) is 27.7 Å². The lowest BCUT2D eigenvalue weighted by Gasteiger charge is -2.23. The summed E-state index contributed by atoms with van der Waals surface area (Å²) in [5, 5.41) is 6.05. The molecule has 2 N–H and O–H groups in total. The van der Waals surface area contributed by atoms with Crippen molar-refractivity contribution < 1.29 is 19.1 Å². The van der Waals surface area contributed by atoms with Crippen molar-refractivity contribution in [2.75, 3.05) is 6.61 Å². The zero-order valence-corrected chi connectivity index (χ0v) is 17.6. The van der Waals surface area contributed by atoms with Crippen LogP contribution in [0.1, 0.15) is 59.6 Å². The monoisotopic (exact) mass is 378 g/mol. The molecule has 0 bridgehead atoms. The first-order valence-electron chi connectivity index (χ1n) is 9.38. The third-order valence-electron chi connectivity index (χ3n) is 3.55. The predicted octanol–water partition coefficient (Wildman–Crippen LogP) is 3.57. The Labute approximate surface area is 163 Å². The van der Waals surface area contributed by atoms with Crippen molar-refractivity contribution in [1.29, 1.82) is 0 Å². The minimum atomic E-state index is -0.793. The summed E-state index contributed by atoms with van der Waals surface area (Å²) in [7, 11) is 0. The molecule has 6 heteroatoms. The second kappa shape index (κ2) is 9.74. The predicted molar refractivity (Wildman–Crippen MR) is 107 cm³/mol. The minimum Gasteiger partial charge on any atom is -0.464 e. The van der Waals surface area contributed by atoms with Crippen molar-refractivity contribution >= 4 is 12.1 Å². The fourth-order valence-electron chi connectivity index (χ4n) is 2.28. The summed E-state index contributed by atoms with van der Waals surface area (Å²) in [6.45, 7) is 14.4. The van der Waals surface area contributed by atoms with Gasteiger partial charge in [-0.25, -0.2) is 9.59 Å². The molecule has 6 nitrogen and oxygen atoms in total. The van der Waals surface area contributed by atoms with Crippen LogP contribution in [0.3, 0.4) is 0 Å². The quantitative estimate of drug-likeness (QED) is 0.709. The first-order chi connectivity index (χ1) is 12.4. The molecule has 0 aliphatic rings. The molecule has 0 radical (unpaired) electrons. The second-order valence-corrected chi connectivity index (χ2v) is 8.58. The summed E-state index contributed by atoms with van der Waals surface area (Å²) in [4.78, 5) is 24.3. The molecule has 1 aromatic rings. The summed E-state index contributed by atoms with van der Waals surface area (Å²) in [6, 6.07) is 7.16. The van der Waals surface area contributed by atoms with E-state index in [0.29, 0.717) is 6.42 Å².